The molecule has 3 saturated heterocycles. The normalized spacial score (nSPS) is 24.1. The minimum atomic E-state index is -5.08. The lowest BCUT2D eigenvalue weighted by Crippen LogP contribution is -2.56. The van der Waals surface area contributed by atoms with Crippen molar-refractivity contribution in [1.29, 1.82) is 0 Å². The molecule has 0 bridgehead atoms. The van der Waals surface area contributed by atoms with Gasteiger partial charge in [-0.2, -0.15) is 17.5 Å². The van der Waals surface area contributed by atoms with Gasteiger partial charge >= 0.3 is 18.2 Å². The number of likely N-dealkylation sites (tertiary alicyclic amines) is 1. The van der Waals surface area contributed by atoms with E-state index in [-0.39, 0.29) is 17.7 Å². The molecular formula is C31H46F3N3O6S. The van der Waals surface area contributed by atoms with Gasteiger partial charge in [0, 0.05) is 51.6 Å². The van der Waals surface area contributed by atoms with Gasteiger partial charge in [0.1, 0.15) is 5.60 Å². The van der Waals surface area contributed by atoms with Crippen molar-refractivity contribution < 1.29 is 41.0 Å². The molecule has 1 unspecified atom stereocenters. The first-order valence-electron chi connectivity index (χ1n) is 16.0. The SMILES string of the molecule is CCCCC1N(CC2CCCCC2)C(=O)OC12CCN(C1CCN(S(=O)(=O)c3ccccc3)CC1)CC2.O=C(O)C(F)(F)F. The number of rotatable bonds is 8. The highest BCUT2D eigenvalue weighted by Gasteiger charge is 2.55. The number of ether oxygens (including phenoxy) is 1. The number of alkyl halides is 3. The Kier molecular flexibility index (Phi) is 11.6. The number of nitrogens with zero attached hydrogens (tertiary/aromatic N) is 3. The molecule has 1 aromatic carbocycles. The summed E-state index contributed by atoms with van der Waals surface area (Å²) in [6, 6.07) is 9.36. The zero-order chi connectivity index (χ0) is 32.0. The Morgan fingerprint density at radius 1 is 1.00 bits per heavy atom. The van der Waals surface area contributed by atoms with Crippen LogP contribution in [0, 0.1) is 5.92 Å². The molecule has 1 atom stereocenters. The third-order valence-electron chi connectivity index (χ3n) is 9.73. The summed E-state index contributed by atoms with van der Waals surface area (Å²) in [4.78, 5) is 27.1. The quantitative estimate of drug-likeness (QED) is 0.375. The molecule has 0 aromatic heterocycles. The highest BCUT2D eigenvalue weighted by molar-refractivity contribution is 7.89. The number of aliphatic carboxylic acids is 1. The number of carboxylic acids is 1. The summed E-state index contributed by atoms with van der Waals surface area (Å²) in [5, 5.41) is 7.12. The number of amides is 1. The van der Waals surface area contributed by atoms with Gasteiger partial charge < -0.3 is 14.7 Å². The van der Waals surface area contributed by atoms with Crippen LogP contribution in [0.4, 0.5) is 18.0 Å². The molecule has 44 heavy (non-hydrogen) atoms. The maximum absolute atomic E-state index is 13.2. The van der Waals surface area contributed by atoms with E-state index in [1.54, 1.807) is 28.6 Å². The number of carboxylic acid groups (broad SMARTS) is 1. The van der Waals surface area contributed by atoms with E-state index in [0.717, 1.165) is 64.6 Å². The van der Waals surface area contributed by atoms with Crippen LogP contribution in [0.15, 0.2) is 35.2 Å². The highest BCUT2D eigenvalue weighted by atomic mass is 32.2. The van der Waals surface area contributed by atoms with Gasteiger partial charge in [-0.3, -0.25) is 4.90 Å². The molecule has 3 heterocycles. The zero-order valence-corrected chi connectivity index (χ0v) is 26.3. The van der Waals surface area contributed by atoms with E-state index >= 15 is 0 Å². The molecule has 1 aromatic rings. The molecular weight excluding hydrogens is 599 g/mol. The number of hydrogen-bond acceptors (Lipinski definition) is 6. The summed E-state index contributed by atoms with van der Waals surface area (Å²) in [5.74, 6) is -2.13. The third-order valence-corrected chi connectivity index (χ3v) is 11.6. The second-order valence-electron chi connectivity index (χ2n) is 12.5. The Labute approximate surface area is 258 Å². The monoisotopic (exact) mass is 645 g/mol. The molecule has 1 amide bonds. The summed E-state index contributed by atoms with van der Waals surface area (Å²) in [6.07, 6.45) is 7.99. The minimum Gasteiger partial charge on any atom is -0.475 e. The predicted molar refractivity (Wildman–Crippen MR) is 159 cm³/mol. The number of unbranched alkanes of at least 4 members (excludes halogenated alkanes) is 1. The van der Waals surface area contributed by atoms with Crippen molar-refractivity contribution in [2.75, 3.05) is 32.7 Å². The summed E-state index contributed by atoms with van der Waals surface area (Å²) in [6.45, 7) is 6.06. The Hall–Kier alpha value is -2.38. The van der Waals surface area contributed by atoms with Crippen LogP contribution < -0.4 is 0 Å². The number of piperidine rings is 2. The van der Waals surface area contributed by atoms with Gasteiger partial charge in [0.05, 0.1) is 10.9 Å². The zero-order valence-electron chi connectivity index (χ0n) is 25.5. The van der Waals surface area contributed by atoms with Gasteiger partial charge in [0.25, 0.3) is 0 Å². The lowest BCUT2D eigenvalue weighted by atomic mass is 9.80. The number of hydrogen-bond donors (Lipinski definition) is 1. The van der Waals surface area contributed by atoms with Crippen LogP contribution in [0.1, 0.15) is 84.0 Å². The van der Waals surface area contributed by atoms with E-state index in [4.69, 9.17) is 14.6 Å². The number of halogens is 3. The number of benzene rings is 1. The summed E-state index contributed by atoms with van der Waals surface area (Å²) < 4.78 is 65.7. The van der Waals surface area contributed by atoms with Crippen LogP contribution >= 0.6 is 0 Å². The van der Waals surface area contributed by atoms with E-state index in [9.17, 15) is 26.4 Å². The van der Waals surface area contributed by atoms with Crippen LogP contribution in [0.5, 0.6) is 0 Å². The van der Waals surface area contributed by atoms with Crippen molar-refractivity contribution in [3.8, 4) is 0 Å². The molecule has 5 rings (SSSR count). The van der Waals surface area contributed by atoms with Crippen molar-refractivity contribution in [3.05, 3.63) is 30.3 Å². The summed E-state index contributed by atoms with van der Waals surface area (Å²) in [5.41, 5.74) is -0.352. The first-order valence-corrected chi connectivity index (χ1v) is 17.4. The molecule has 1 spiro atoms. The third kappa shape index (κ3) is 8.25. The molecule has 13 heteroatoms. The maximum Gasteiger partial charge on any atom is 0.490 e. The van der Waals surface area contributed by atoms with E-state index in [1.165, 1.54) is 32.1 Å². The van der Waals surface area contributed by atoms with Gasteiger partial charge in [-0.15, -0.1) is 0 Å². The van der Waals surface area contributed by atoms with Gasteiger partial charge in [0.2, 0.25) is 10.0 Å². The number of carbonyl (C=O) groups excluding carboxylic acids is 1. The fraction of sp³-hybridized carbons (Fsp3) is 0.742. The van der Waals surface area contributed by atoms with Crippen LogP contribution in [0.3, 0.4) is 0 Å². The van der Waals surface area contributed by atoms with Crippen molar-refractivity contribution >= 4 is 22.1 Å². The van der Waals surface area contributed by atoms with Crippen LogP contribution in [0.25, 0.3) is 0 Å². The maximum atomic E-state index is 13.2. The Morgan fingerprint density at radius 3 is 2.14 bits per heavy atom. The van der Waals surface area contributed by atoms with E-state index in [2.05, 4.69) is 16.7 Å². The minimum absolute atomic E-state index is 0.0837. The largest absolute Gasteiger partial charge is 0.490 e. The van der Waals surface area contributed by atoms with Gasteiger partial charge in [0.15, 0.2) is 0 Å². The molecule has 4 aliphatic rings. The highest BCUT2D eigenvalue weighted by Crippen LogP contribution is 2.43. The second-order valence-corrected chi connectivity index (χ2v) is 14.5. The summed E-state index contributed by atoms with van der Waals surface area (Å²) in [7, 11) is -3.42. The molecule has 3 aliphatic heterocycles. The molecule has 1 aliphatic carbocycles. The van der Waals surface area contributed by atoms with E-state index < -0.39 is 22.2 Å². The van der Waals surface area contributed by atoms with Gasteiger partial charge in [-0.25, -0.2) is 18.0 Å². The van der Waals surface area contributed by atoms with Crippen LogP contribution in [0.2, 0.25) is 0 Å². The van der Waals surface area contributed by atoms with E-state index in [0.29, 0.717) is 29.9 Å². The van der Waals surface area contributed by atoms with Crippen molar-refractivity contribution in [2.45, 2.75) is 113 Å². The van der Waals surface area contributed by atoms with Crippen molar-refractivity contribution in [3.63, 3.8) is 0 Å². The van der Waals surface area contributed by atoms with Gasteiger partial charge in [-0.05, 0) is 50.2 Å². The fourth-order valence-electron chi connectivity index (χ4n) is 7.27. The second kappa shape index (κ2) is 14.8. The molecule has 1 N–H and O–H groups in total. The molecule has 1 saturated carbocycles. The number of carbonyl (C=O) groups is 2. The predicted octanol–water partition coefficient (Wildman–Crippen LogP) is 5.90. The van der Waals surface area contributed by atoms with Crippen LogP contribution in [-0.2, 0) is 19.6 Å². The standard InChI is InChI=1S/C29H45N3O4S.C2HF3O2/c1-2-3-14-27-29(36-28(33)32(27)23-24-10-6-4-7-11-24)17-21-30(22-18-29)25-15-19-31(20-16-25)37(34,35)26-12-8-5-9-13-26;3-2(4,5)1(6)7/h5,8-9,12-13,24-25,27H,2-4,6-7,10-11,14-23H2,1H3;(H,6,7). The molecule has 0 radical (unpaired) electrons. The smallest absolute Gasteiger partial charge is 0.475 e. The molecule has 4 fully saturated rings. The first kappa shape index (κ1) is 34.5. The summed E-state index contributed by atoms with van der Waals surface area (Å²) >= 11 is 0. The van der Waals surface area contributed by atoms with Crippen LogP contribution in [-0.4, -0.2) is 96.3 Å². The number of sulfonamides is 1. The van der Waals surface area contributed by atoms with Gasteiger partial charge in [-0.1, -0.05) is 57.2 Å². The first-order chi connectivity index (χ1) is 20.9. The topological polar surface area (TPSA) is 107 Å². The van der Waals surface area contributed by atoms with Crippen molar-refractivity contribution in [2.24, 2.45) is 5.92 Å². The Balaban J connectivity index is 0.000000566. The fourth-order valence-corrected chi connectivity index (χ4v) is 8.76. The Bertz CT molecular complexity index is 1190. The van der Waals surface area contributed by atoms with E-state index in [1.807, 2.05) is 6.07 Å². The molecule has 248 valence electrons. The van der Waals surface area contributed by atoms with Crippen molar-refractivity contribution in [1.82, 2.24) is 14.1 Å². The lowest BCUT2D eigenvalue weighted by molar-refractivity contribution is -0.192. The Morgan fingerprint density at radius 2 is 1.59 bits per heavy atom. The molecule has 9 nitrogen and oxygen atoms in total. The average molecular weight is 646 g/mol. The average Bonchev–Trinajstić information content (AvgIpc) is 3.26. The lowest BCUT2D eigenvalue weighted by Gasteiger charge is -2.46.